The molecule has 0 unspecified atom stereocenters. The number of benzene rings is 1. The molecule has 0 bridgehead atoms. The second-order valence-electron chi connectivity index (χ2n) is 4.23. The molecule has 0 atom stereocenters. The van der Waals surface area contributed by atoms with E-state index in [2.05, 4.69) is 9.97 Å². The molecule has 0 saturated carbocycles. The van der Waals surface area contributed by atoms with Crippen LogP contribution in [0.1, 0.15) is 5.56 Å². The van der Waals surface area contributed by atoms with Gasteiger partial charge in [0.15, 0.2) is 0 Å². The van der Waals surface area contributed by atoms with Crippen LogP contribution in [0.15, 0.2) is 23.0 Å². The summed E-state index contributed by atoms with van der Waals surface area (Å²) in [5.41, 5.74) is 7.71. The van der Waals surface area contributed by atoms with Gasteiger partial charge in [0, 0.05) is 13.6 Å². The lowest BCUT2D eigenvalue weighted by Crippen LogP contribution is -2.34. The van der Waals surface area contributed by atoms with E-state index in [1.807, 2.05) is 18.2 Å². The molecule has 2 aromatic rings. The van der Waals surface area contributed by atoms with Gasteiger partial charge in [-0.05, 0) is 24.1 Å². The van der Waals surface area contributed by atoms with Crippen LogP contribution in [0.3, 0.4) is 0 Å². The molecular weight excluding hydrogens is 232 g/mol. The highest BCUT2D eigenvalue weighted by molar-refractivity contribution is 5.78. The summed E-state index contributed by atoms with van der Waals surface area (Å²) in [7, 11) is 1.73. The SMILES string of the molecule is CN(CCc1ccc2[nH]c(=O)[nH]c2c1)C(=O)CN. The fraction of sp³-hybridized carbons (Fsp3) is 0.333. The molecule has 6 nitrogen and oxygen atoms in total. The van der Waals surface area contributed by atoms with Crippen molar-refractivity contribution in [1.29, 1.82) is 0 Å². The Morgan fingerprint density at radius 3 is 2.78 bits per heavy atom. The van der Waals surface area contributed by atoms with Gasteiger partial charge >= 0.3 is 5.69 Å². The molecule has 96 valence electrons. The quantitative estimate of drug-likeness (QED) is 0.700. The van der Waals surface area contributed by atoms with Crippen LogP contribution in [0.25, 0.3) is 11.0 Å². The maximum atomic E-state index is 11.3. The van der Waals surface area contributed by atoms with E-state index in [-0.39, 0.29) is 18.1 Å². The monoisotopic (exact) mass is 248 g/mol. The van der Waals surface area contributed by atoms with Crippen LogP contribution < -0.4 is 11.4 Å². The van der Waals surface area contributed by atoms with Crippen molar-refractivity contribution in [2.75, 3.05) is 20.1 Å². The number of aromatic nitrogens is 2. The van der Waals surface area contributed by atoms with Gasteiger partial charge in [-0.3, -0.25) is 4.79 Å². The lowest BCUT2D eigenvalue weighted by Gasteiger charge is -2.15. The second-order valence-corrected chi connectivity index (χ2v) is 4.23. The average molecular weight is 248 g/mol. The maximum Gasteiger partial charge on any atom is 0.323 e. The third-order valence-electron chi connectivity index (χ3n) is 2.92. The second kappa shape index (κ2) is 5.05. The molecule has 6 heteroatoms. The van der Waals surface area contributed by atoms with Crippen LogP contribution in [0.2, 0.25) is 0 Å². The first kappa shape index (κ1) is 12.4. The van der Waals surface area contributed by atoms with Gasteiger partial charge in [0.05, 0.1) is 17.6 Å². The number of hydrogen-bond donors (Lipinski definition) is 3. The summed E-state index contributed by atoms with van der Waals surface area (Å²) in [5.74, 6) is -0.0777. The third-order valence-corrected chi connectivity index (χ3v) is 2.92. The minimum atomic E-state index is -0.211. The van der Waals surface area contributed by atoms with Gasteiger partial charge in [-0.15, -0.1) is 0 Å². The van der Waals surface area contributed by atoms with Gasteiger partial charge in [0.2, 0.25) is 5.91 Å². The molecule has 18 heavy (non-hydrogen) atoms. The predicted octanol–water partition coefficient (Wildman–Crippen LogP) is -0.184. The topological polar surface area (TPSA) is 95.0 Å². The number of carbonyl (C=O) groups excluding carboxylic acids is 1. The number of H-pyrrole nitrogens is 2. The zero-order valence-electron chi connectivity index (χ0n) is 10.2. The summed E-state index contributed by atoms with van der Waals surface area (Å²) >= 11 is 0. The zero-order valence-corrected chi connectivity index (χ0v) is 10.2. The van der Waals surface area contributed by atoms with E-state index in [4.69, 9.17) is 5.73 Å². The molecule has 0 aliphatic rings. The minimum absolute atomic E-state index is 0.0284. The van der Waals surface area contributed by atoms with E-state index in [9.17, 15) is 9.59 Å². The smallest absolute Gasteiger partial charge is 0.323 e. The number of nitrogens with two attached hydrogens (primary N) is 1. The van der Waals surface area contributed by atoms with E-state index in [1.54, 1.807) is 11.9 Å². The molecule has 2 rings (SSSR count). The molecule has 0 spiro atoms. The van der Waals surface area contributed by atoms with Crippen molar-refractivity contribution in [3.8, 4) is 0 Å². The Morgan fingerprint density at radius 1 is 1.33 bits per heavy atom. The Morgan fingerprint density at radius 2 is 2.06 bits per heavy atom. The largest absolute Gasteiger partial charge is 0.344 e. The van der Waals surface area contributed by atoms with Crippen molar-refractivity contribution < 1.29 is 4.79 Å². The lowest BCUT2D eigenvalue weighted by atomic mass is 10.1. The van der Waals surface area contributed by atoms with Crippen LogP contribution in [-0.2, 0) is 11.2 Å². The summed E-state index contributed by atoms with van der Waals surface area (Å²) < 4.78 is 0. The van der Waals surface area contributed by atoms with E-state index in [0.29, 0.717) is 6.54 Å². The minimum Gasteiger partial charge on any atom is -0.344 e. The van der Waals surface area contributed by atoms with Crippen molar-refractivity contribution >= 4 is 16.9 Å². The fourth-order valence-electron chi connectivity index (χ4n) is 1.81. The maximum absolute atomic E-state index is 11.3. The number of nitrogens with one attached hydrogen (secondary N) is 2. The molecule has 1 amide bonds. The summed E-state index contributed by atoms with van der Waals surface area (Å²) in [6, 6.07) is 5.70. The highest BCUT2D eigenvalue weighted by atomic mass is 16.2. The van der Waals surface area contributed by atoms with Crippen LogP contribution in [-0.4, -0.2) is 40.9 Å². The van der Waals surface area contributed by atoms with E-state index >= 15 is 0 Å². The Hall–Kier alpha value is -2.08. The number of nitrogens with zero attached hydrogens (tertiary/aromatic N) is 1. The highest BCUT2D eigenvalue weighted by Crippen LogP contribution is 2.10. The summed E-state index contributed by atoms with van der Waals surface area (Å²) in [6.07, 6.45) is 0.728. The number of carbonyl (C=O) groups is 1. The first-order valence-corrected chi connectivity index (χ1v) is 5.75. The fourth-order valence-corrected chi connectivity index (χ4v) is 1.81. The molecule has 0 radical (unpaired) electrons. The van der Waals surface area contributed by atoms with Crippen molar-refractivity contribution in [2.45, 2.75) is 6.42 Å². The first-order valence-electron chi connectivity index (χ1n) is 5.75. The highest BCUT2D eigenvalue weighted by Gasteiger charge is 2.06. The molecule has 0 aliphatic carbocycles. The molecule has 1 aromatic carbocycles. The van der Waals surface area contributed by atoms with Gasteiger partial charge in [0.1, 0.15) is 0 Å². The standard InChI is InChI=1S/C12H16N4O2/c1-16(11(17)7-13)5-4-8-2-3-9-10(6-8)15-12(18)14-9/h2-3,6H,4-5,7,13H2,1H3,(H2,14,15,18). The van der Waals surface area contributed by atoms with E-state index in [1.165, 1.54) is 0 Å². The summed E-state index contributed by atoms with van der Waals surface area (Å²) in [4.78, 5) is 29.4. The van der Waals surface area contributed by atoms with Crippen LogP contribution in [0, 0.1) is 0 Å². The first-order chi connectivity index (χ1) is 8.60. The molecule has 4 N–H and O–H groups in total. The van der Waals surface area contributed by atoms with Crippen molar-refractivity contribution in [2.24, 2.45) is 5.73 Å². The van der Waals surface area contributed by atoms with Crippen LogP contribution in [0.4, 0.5) is 0 Å². The summed E-state index contributed by atoms with van der Waals surface area (Å²) in [5, 5.41) is 0. The zero-order chi connectivity index (χ0) is 13.1. The number of rotatable bonds is 4. The lowest BCUT2D eigenvalue weighted by molar-refractivity contribution is -0.128. The van der Waals surface area contributed by atoms with Gasteiger partial charge in [-0.25, -0.2) is 4.79 Å². The Kier molecular flexibility index (Phi) is 3.47. The molecule has 0 fully saturated rings. The van der Waals surface area contributed by atoms with Gasteiger partial charge < -0.3 is 20.6 Å². The predicted molar refractivity (Wildman–Crippen MR) is 69.3 cm³/mol. The molecule has 0 saturated heterocycles. The van der Waals surface area contributed by atoms with Crippen molar-refractivity contribution in [3.63, 3.8) is 0 Å². The molecular formula is C12H16N4O2. The van der Waals surface area contributed by atoms with Gasteiger partial charge in [0.25, 0.3) is 0 Å². The van der Waals surface area contributed by atoms with Gasteiger partial charge in [-0.2, -0.15) is 0 Å². The third kappa shape index (κ3) is 2.60. The molecule has 1 aromatic heterocycles. The normalized spacial score (nSPS) is 10.8. The number of fused-ring (bicyclic) bond motifs is 1. The number of aromatic amines is 2. The molecule has 1 heterocycles. The number of hydrogen-bond acceptors (Lipinski definition) is 3. The van der Waals surface area contributed by atoms with Crippen molar-refractivity contribution in [1.82, 2.24) is 14.9 Å². The number of amides is 1. The average Bonchev–Trinajstić information content (AvgIpc) is 2.74. The Bertz CT molecular complexity index is 614. The van der Waals surface area contributed by atoms with Crippen LogP contribution in [0.5, 0.6) is 0 Å². The molecule has 0 aliphatic heterocycles. The van der Waals surface area contributed by atoms with Crippen molar-refractivity contribution in [3.05, 3.63) is 34.2 Å². The van der Waals surface area contributed by atoms with Crippen LogP contribution >= 0.6 is 0 Å². The summed E-state index contributed by atoms with van der Waals surface area (Å²) in [6.45, 7) is 0.636. The Balaban J connectivity index is 2.08. The number of imidazole rings is 1. The Labute approximate surface area is 104 Å². The van der Waals surface area contributed by atoms with Gasteiger partial charge in [-0.1, -0.05) is 6.07 Å². The number of likely N-dealkylation sites (N-methyl/N-ethyl adjacent to an activating group) is 1. The van der Waals surface area contributed by atoms with E-state index in [0.717, 1.165) is 23.0 Å². The van der Waals surface area contributed by atoms with E-state index < -0.39 is 0 Å².